The van der Waals surface area contributed by atoms with E-state index in [4.69, 9.17) is 5.73 Å². The van der Waals surface area contributed by atoms with E-state index in [1.165, 1.54) is 11.8 Å². The highest BCUT2D eigenvalue weighted by Gasteiger charge is 2.16. The minimum absolute atomic E-state index is 0.222. The second kappa shape index (κ2) is 4.57. The van der Waals surface area contributed by atoms with Crippen LogP contribution >= 0.6 is 11.8 Å². The molecular weight excluding hydrogens is 222 g/mol. The number of nitrogens with one attached hydrogen (secondary N) is 1. The molecule has 0 aliphatic rings. The van der Waals surface area contributed by atoms with Gasteiger partial charge >= 0.3 is 0 Å². The van der Waals surface area contributed by atoms with Crippen LogP contribution in [0.2, 0.25) is 0 Å². The fourth-order valence-electron chi connectivity index (χ4n) is 1.46. The summed E-state index contributed by atoms with van der Waals surface area (Å²) in [6.07, 6.45) is 0.705. The first-order chi connectivity index (χ1) is 7.70. The SMILES string of the molecule is CCC(Sc1nc2ccccc2[nH]1)C(N)=O. The lowest BCUT2D eigenvalue weighted by molar-refractivity contribution is -0.117. The Labute approximate surface area is 97.6 Å². The van der Waals surface area contributed by atoms with Crippen molar-refractivity contribution in [2.45, 2.75) is 23.8 Å². The van der Waals surface area contributed by atoms with Gasteiger partial charge in [-0.1, -0.05) is 30.8 Å². The van der Waals surface area contributed by atoms with Gasteiger partial charge in [-0.05, 0) is 18.6 Å². The minimum atomic E-state index is -0.298. The Bertz CT molecular complexity index is 476. The largest absolute Gasteiger partial charge is 0.369 e. The van der Waals surface area contributed by atoms with Crippen LogP contribution in [-0.2, 0) is 4.79 Å². The fraction of sp³-hybridized carbons (Fsp3) is 0.273. The van der Waals surface area contributed by atoms with Gasteiger partial charge in [0, 0.05) is 0 Å². The number of primary amides is 1. The third kappa shape index (κ3) is 2.19. The van der Waals surface area contributed by atoms with Crippen molar-refractivity contribution >= 4 is 28.7 Å². The maximum Gasteiger partial charge on any atom is 0.231 e. The average molecular weight is 235 g/mol. The van der Waals surface area contributed by atoms with Crippen LogP contribution in [0.5, 0.6) is 0 Å². The number of carbonyl (C=O) groups is 1. The first-order valence-corrected chi connectivity index (χ1v) is 5.99. The zero-order valence-corrected chi connectivity index (χ0v) is 9.75. The Morgan fingerprint density at radius 1 is 1.56 bits per heavy atom. The topological polar surface area (TPSA) is 71.8 Å². The van der Waals surface area contributed by atoms with Gasteiger partial charge in [0.15, 0.2) is 5.16 Å². The summed E-state index contributed by atoms with van der Waals surface area (Å²) in [6, 6.07) is 7.77. The van der Waals surface area contributed by atoms with Gasteiger partial charge in [0.25, 0.3) is 0 Å². The lowest BCUT2D eigenvalue weighted by Gasteiger charge is -2.06. The summed E-state index contributed by atoms with van der Waals surface area (Å²) in [4.78, 5) is 18.7. The molecule has 16 heavy (non-hydrogen) atoms. The van der Waals surface area contributed by atoms with Crippen molar-refractivity contribution in [3.8, 4) is 0 Å². The van der Waals surface area contributed by atoms with Crippen LogP contribution in [-0.4, -0.2) is 21.1 Å². The molecule has 1 amide bonds. The third-order valence-corrected chi connectivity index (χ3v) is 3.58. The summed E-state index contributed by atoms with van der Waals surface area (Å²) >= 11 is 1.38. The van der Waals surface area contributed by atoms with Crippen molar-refractivity contribution in [2.24, 2.45) is 5.73 Å². The Kier molecular flexibility index (Phi) is 3.14. The van der Waals surface area contributed by atoms with Gasteiger partial charge in [0.1, 0.15) is 0 Å². The molecule has 0 saturated heterocycles. The van der Waals surface area contributed by atoms with E-state index < -0.39 is 0 Å². The van der Waals surface area contributed by atoms with Gasteiger partial charge < -0.3 is 10.7 Å². The van der Waals surface area contributed by atoms with Crippen molar-refractivity contribution in [3.63, 3.8) is 0 Å². The summed E-state index contributed by atoms with van der Waals surface area (Å²) in [5, 5.41) is 0.521. The van der Waals surface area contributed by atoms with E-state index in [1.807, 2.05) is 31.2 Å². The van der Waals surface area contributed by atoms with Crippen molar-refractivity contribution in [3.05, 3.63) is 24.3 Å². The Balaban J connectivity index is 2.24. The molecule has 1 unspecified atom stereocenters. The highest BCUT2D eigenvalue weighted by molar-refractivity contribution is 8.00. The van der Waals surface area contributed by atoms with Gasteiger partial charge in [-0.2, -0.15) is 0 Å². The number of amides is 1. The zero-order valence-electron chi connectivity index (χ0n) is 8.93. The number of thioether (sulfide) groups is 1. The number of aromatic amines is 1. The maximum absolute atomic E-state index is 11.1. The normalized spacial score (nSPS) is 12.8. The number of rotatable bonds is 4. The Morgan fingerprint density at radius 2 is 2.31 bits per heavy atom. The molecule has 1 aromatic heterocycles. The van der Waals surface area contributed by atoms with Crippen LogP contribution in [0.15, 0.2) is 29.4 Å². The third-order valence-electron chi connectivity index (χ3n) is 2.31. The molecule has 0 fully saturated rings. The minimum Gasteiger partial charge on any atom is -0.369 e. The standard InChI is InChI=1S/C11H13N3OS/c1-2-9(10(12)15)16-11-13-7-5-3-4-6-8(7)14-11/h3-6,9H,2H2,1H3,(H2,12,15)(H,13,14). The van der Waals surface area contributed by atoms with Crippen LogP contribution in [0, 0.1) is 0 Å². The van der Waals surface area contributed by atoms with Crippen LogP contribution in [0.1, 0.15) is 13.3 Å². The number of imidazole rings is 1. The summed E-state index contributed by atoms with van der Waals surface area (Å²) in [5.74, 6) is -0.298. The molecule has 2 aromatic rings. The molecule has 1 atom stereocenters. The first-order valence-electron chi connectivity index (χ1n) is 5.11. The number of hydrogen-bond acceptors (Lipinski definition) is 3. The maximum atomic E-state index is 11.1. The van der Waals surface area contributed by atoms with Crippen LogP contribution in [0.4, 0.5) is 0 Å². The number of carbonyl (C=O) groups excluding carboxylic acids is 1. The number of nitrogens with two attached hydrogens (primary N) is 1. The molecule has 0 spiro atoms. The highest BCUT2D eigenvalue weighted by Crippen LogP contribution is 2.24. The lowest BCUT2D eigenvalue weighted by atomic mass is 10.3. The van der Waals surface area contributed by atoms with E-state index in [1.54, 1.807) is 0 Å². The Morgan fingerprint density at radius 3 is 2.94 bits per heavy atom. The molecule has 0 radical (unpaired) electrons. The molecular formula is C11H13N3OS. The second-order valence-corrected chi connectivity index (χ2v) is 4.67. The zero-order chi connectivity index (χ0) is 11.5. The predicted octanol–water partition coefficient (Wildman–Crippen LogP) is 1.92. The van der Waals surface area contributed by atoms with Crippen molar-refractivity contribution in [1.82, 2.24) is 9.97 Å². The quantitative estimate of drug-likeness (QED) is 0.795. The summed E-state index contributed by atoms with van der Waals surface area (Å²) in [6.45, 7) is 1.94. The monoisotopic (exact) mass is 235 g/mol. The van der Waals surface area contributed by atoms with Gasteiger partial charge in [-0.3, -0.25) is 4.79 Å². The fourth-order valence-corrected chi connectivity index (χ4v) is 2.33. The number of hydrogen-bond donors (Lipinski definition) is 2. The predicted molar refractivity (Wildman–Crippen MR) is 65.2 cm³/mol. The average Bonchev–Trinajstić information content (AvgIpc) is 2.67. The van der Waals surface area contributed by atoms with Crippen molar-refractivity contribution in [2.75, 3.05) is 0 Å². The molecule has 1 aromatic carbocycles. The van der Waals surface area contributed by atoms with Gasteiger partial charge in [-0.15, -0.1) is 0 Å². The van der Waals surface area contributed by atoms with Crippen molar-refractivity contribution < 1.29 is 4.79 Å². The molecule has 0 aliphatic carbocycles. The van der Waals surface area contributed by atoms with Crippen LogP contribution in [0.25, 0.3) is 11.0 Å². The summed E-state index contributed by atoms with van der Waals surface area (Å²) in [7, 11) is 0. The van der Waals surface area contributed by atoms with E-state index in [0.29, 0.717) is 6.42 Å². The van der Waals surface area contributed by atoms with Crippen molar-refractivity contribution in [1.29, 1.82) is 0 Å². The highest BCUT2D eigenvalue weighted by atomic mass is 32.2. The van der Waals surface area contributed by atoms with E-state index in [2.05, 4.69) is 9.97 Å². The summed E-state index contributed by atoms with van der Waals surface area (Å²) in [5.41, 5.74) is 7.17. The number of H-pyrrole nitrogens is 1. The van der Waals surface area contributed by atoms with Crippen LogP contribution in [0.3, 0.4) is 0 Å². The second-order valence-electron chi connectivity index (χ2n) is 3.48. The molecule has 3 N–H and O–H groups in total. The molecule has 0 saturated carbocycles. The van der Waals surface area contributed by atoms with Gasteiger partial charge in [-0.25, -0.2) is 4.98 Å². The van der Waals surface area contributed by atoms with E-state index in [0.717, 1.165) is 16.2 Å². The summed E-state index contributed by atoms with van der Waals surface area (Å²) < 4.78 is 0. The first kappa shape index (κ1) is 11.0. The lowest BCUT2D eigenvalue weighted by Crippen LogP contribution is -2.24. The molecule has 0 bridgehead atoms. The number of para-hydroxylation sites is 2. The van der Waals surface area contributed by atoms with Crippen LogP contribution < -0.4 is 5.73 Å². The molecule has 2 rings (SSSR count). The number of aromatic nitrogens is 2. The molecule has 0 aliphatic heterocycles. The number of benzene rings is 1. The molecule has 1 heterocycles. The molecule has 84 valence electrons. The van der Waals surface area contributed by atoms with E-state index in [9.17, 15) is 4.79 Å². The smallest absolute Gasteiger partial charge is 0.231 e. The van der Waals surface area contributed by atoms with Gasteiger partial charge in [0.2, 0.25) is 5.91 Å². The van der Waals surface area contributed by atoms with Gasteiger partial charge in [0.05, 0.1) is 16.3 Å². The molecule has 5 heteroatoms. The molecule has 4 nitrogen and oxygen atoms in total. The Hall–Kier alpha value is -1.49. The van der Waals surface area contributed by atoms with E-state index >= 15 is 0 Å². The number of fused-ring (bicyclic) bond motifs is 1. The van der Waals surface area contributed by atoms with E-state index in [-0.39, 0.29) is 11.2 Å². The number of nitrogens with zero attached hydrogens (tertiary/aromatic N) is 1.